The first-order valence-corrected chi connectivity index (χ1v) is 8.29. The summed E-state index contributed by atoms with van der Waals surface area (Å²) in [7, 11) is -3.34. The fraction of sp³-hybridized carbons (Fsp3) is 0.200. The second-order valence-corrected chi connectivity index (χ2v) is 6.68. The molecule has 21 heavy (non-hydrogen) atoms. The second-order valence-electron chi connectivity index (χ2n) is 4.69. The third kappa shape index (κ3) is 4.39. The molecule has 1 heterocycles. The number of sulfone groups is 1. The summed E-state index contributed by atoms with van der Waals surface area (Å²) in [6, 6.07) is 10.2. The van der Waals surface area contributed by atoms with E-state index in [9.17, 15) is 13.2 Å². The van der Waals surface area contributed by atoms with Gasteiger partial charge in [0, 0.05) is 25.2 Å². The summed E-state index contributed by atoms with van der Waals surface area (Å²) < 4.78 is 23.3. The topological polar surface area (TPSA) is 76.1 Å². The molecular formula is C15H16N2O3S. The average Bonchev–Trinajstić information content (AvgIpc) is 2.46. The Morgan fingerprint density at radius 1 is 1.19 bits per heavy atom. The summed E-state index contributed by atoms with van der Waals surface area (Å²) in [5.74, 6) is -0.227. The van der Waals surface area contributed by atoms with E-state index in [2.05, 4.69) is 10.3 Å². The number of hydrogen-bond acceptors (Lipinski definition) is 4. The van der Waals surface area contributed by atoms with Crippen molar-refractivity contribution in [2.75, 3.05) is 6.26 Å². The smallest absolute Gasteiger partial charge is 0.224 e. The molecule has 0 unspecified atom stereocenters. The van der Waals surface area contributed by atoms with Gasteiger partial charge in [0.05, 0.1) is 11.3 Å². The van der Waals surface area contributed by atoms with Gasteiger partial charge in [0.2, 0.25) is 5.91 Å². The lowest BCUT2D eigenvalue weighted by atomic mass is 10.1. The first-order chi connectivity index (χ1) is 9.97. The number of carbonyl (C=O) groups is 1. The van der Waals surface area contributed by atoms with Gasteiger partial charge in [-0.05, 0) is 23.3 Å². The van der Waals surface area contributed by atoms with Crippen molar-refractivity contribution in [2.24, 2.45) is 0 Å². The van der Waals surface area contributed by atoms with Gasteiger partial charge in [0.25, 0.3) is 0 Å². The zero-order valence-corrected chi connectivity index (χ0v) is 12.4. The normalized spacial score (nSPS) is 11.1. The Morgan fingerprint density at radius 3 is 2.62 bits per heavy atom. The predicted molar refractivity (Wildman–Crippen MR) is 79.3 cm³/mol. The Morgan fingerprint density at radius 2 is 1.95 bits per heavy atom. The van der Waals surface area contributed by atoms with Crippen LogP contribution in [0.25, 0.3) is 0 Å². The molecule has 0 bridgehead atoms. The Bertz CT molecular complexity index is 728. The minimum atomic E-state index is -3.34. The van der Waals surface area contributed by atoms with Gasteiger partial charge in [-0.25, -0.2) is 8.42 Å². The summed E-state index contributed by atoms with van der Waals surface area (Å²) in [6.45, 7) is 0.369. The largest absolute Gasteiger partial charge is 0.352 e. The van der Waals surface area contributed by atoms with Gasteiger partial charge in [0.1, 0.15) is 0 Å². The average molecular weight is 304 g/mol. The molecule has 0 aliphatic rings. The fourth-order valence-electron chi connectivity index (χ4n) is 1.95. The van der Waals surface area contributed by atoms with Crippen molar-refractivity contribution in [1.29, 1.82) is 0 Å². The number of carbonyl (C=O) groups excluding carboxylic acids is 1. The summed E-state index contributed by atoms with van der Waals surface area (Å²) in [4.78, 5) is 16.1. The van der Waals surface area contributed by atoms with Crippen molar-refractivity contribution in [3.05, 3.63) is 59.9 Å². The van der Waals surface area contributed by atoms with Gasteiger partial charge in [-0.3, -0.25) is 9.78 Å². The van der Waals surface area contributed by atoms with Gasteiger partial charge >= 0.3 is 0 Å². The summed E-state index contributed by atoms with van der Waals surface area (Å²) in [6.07, 6.45) is 4.50. The molecular weight excluding hydrogens is 288 g/mol. The van der Waals surface area contributed by atoms with Gasteiger partial charge in [-0.2, -0.15) is 0 Å². The molecule has 5 nitrogen and oxygen atoms in total. The minimum absolute atomic E-state index is 0.0313. The molecule has 110 valence electrons. The molecule has 1 aromatic heterocycles. The number of hydrogen-bond donors (Lipinski definition) is 1. The molecule has 0 saturated heterocycles. The van der Waals surface area contributed by atoms with Gasteiger partial charge in [0.15, 0.2) is 9.84 Å². The maximum atomic E-state index is 11.9. The predicted octanol–water partition coefficient (Wildman–Crippen LogP) is 1.34. The highest BCUT2D eigenvalue weighted by Gasteiger charge is 2.14. The summed E-state index contributed by atoms with van der Waals surface area (Å²) in [5.41, 5.74) is 1.39. The fourth-order valence-corrected chi connectivity index (χ4v) is 2.89. The van der Waals surface area contributed by atoms with E-state index in [0.717, 1.165) is 11.8 Å². The molecule has 0 radical (unpaired) electrons. The van der Waals surface area contributed by atoms with Crippen LogP contribution in [-0.4, -0.2) is 25.6 Å². The van der Waals surface area contributed by atoms with Crippen molar-refractivity contribution < 1.29 is 13.2 Å². The second kappa shape index (κ2) is 6.49. The van der Waals surface area contributed by atoms with Crippen LogP contribution in [0.1, 0.15) is 11.1 Å². The SMILES string of the molecule is CS(=O)(=O)c1ccccc1CC(=O)NCc1cccnc1. The number of nitrogens with zero attached hydrogens (tertiary/aromatic N) is 1. The van der Waals surface area contributed by atoms with Crippen LogP contribution < -0.4 is 5.32 Å². The van der Waals surface area contributed by atoms with E-state index >= 15 is 0 Å². The maximum absolute atomic E-state index is 11.9. The number of aromatic nitrogens is 1. The number of rotatable bonds is 5. The molecule has 1 N–H and O–H groups in total. The lowest BCUT2D eigenvalue weighted by molar-refractivity contribution is -0.120. The van der Waals surface area contributed by atoms with Gasteiger partial charge in [-0.1, -0.05) is 24.3 Å². The maximum Gasteiger partial charge on any atom is 0.224 e. The Hall–Kier alpha value is -2.21. The van der Waals surface area contributed by atoms with Crippen LogP contribution in [0, 0.1) is 0 Å². The molecule has 0 saturated carbocycles. The molecule has 2 rings (SSSR count). The van der Waals surface area contributed by atoms with Crippen LogP contribution >= 0.6 is 0 Å². The lowest BCUT2D eigenvalue weighted by Crippen LogP contribution is -2.25. The van der Waals surface area contributed by atoms with Gasteiger partial charge < -0.3 is 5.32 Å². The van der Waals surface area contributed by atoms with E-state index < -0.39 is 9.84 Å². The Kier molecular flexibility index (Phi) is 4.70. The third-order valence-corrected chi connectivity index (χ3v) is 4.13. The highest BCUT2D eigenvalue weighted by atomic mass is 32.2. The lowest BCUT2D eigenvalue weighted by Gasteiger charge is -2.08. The highest BCUT2D eigenvalue weighted by Crippen LogP contribution is 2.15. The van der Waals surface area contributed by atoms with Crippen molar-refractivity contribution in [3.63, 3.8) is 0 Å². The number of amides is 1. The summed E-state index contributed by atoms with van der Waals surface area (Å²) in [5, 5.41) is 2.75. The minimum Gasteiger partial charge on any atom is -0.352 e. The summed E-state index contributed by atoms with van der Waals surface area (Å²) >= 11 is 0. The molecule has 2 aromatic rings. The van der Waals surface area contributed by atoms with Crippen molar-refractivity contribution in [1.82, 2.24) is 10.3 Å². The third-order valence-electron chi connectivity index (χ3n) is 2.94. The number of nitrogens with one attached hydrogen (secondary N) is 1. The molecule has 1 amide bonds. The van der Waals surface area contributed by atoms with Crippen LogP contribution in [0.2, 0.25) is 0 Å². The van der Waals surface area contributed by atoms with E-state index in [1.807, 2.05) is 6.07 Å². The van der Waals surface area contributed by atoms with Crippen molar-refractivity contribution in [3.8, 4) is 0 Å². The van der Waals surface area contributed by atoms with E-state index in [4.69, 9.17) is 0 Å². The molecule has 0 aliphatic carbocycles. The molecule has 0 atom stereocenters. The van der Waals surface area contributed by atoms with Crippen molar-refractivity contribution in [2.45, 2.75) is 17.9 Å². The van der Waals surface area contributed by atoms with E-state index in [0.29, 0.717) is 12.1 Å². The van der Waals surface area contributed by atoms with Gasteiger partial charge in [-0.15, -0.1) is 0 Å². The molecule has 0 aliphatic heterocycles. The zero-order valence-electron chi connectivity index (χ0n) is 11.6. The molecule has 1 aromatic carbocycles. The quantitative estimate of drug-likeness (QED) is 0.904. The number of benzene rings is 1. The molecule has 0 spiro atoms. The highest BCUT2D eigenvalue weighted by molar-refractivity contribution is 7.90. The Balaban J connectivity index is 2.04. The van der Waals surface area contributed by atoms with Crippen LogP contribution in [-0.2, 0) is 27.6 Å². The number of pyridine rings is 1. The van der Waals surface area contributed by atoms with Crippen LogP contribution in [0.15, 0.2) is 53.7 Å². The molecule has 6 heteroatoms. The van der Waals surface area contributed by atoms with Crippen LogP contribution in [0.3, 0.4) is 0 Å². The standard InChI is InChI=1S/C15H16N2O3S/c1-21(19,20)14-7-3-2-6-13(14)9-15(18)17-11-12-5-4-8-16-10-12/h2-8,10H,9,11H2,1H3,(H,17,18). The van der Waals surface area contributed by atoms with Crippen molar-refractivity contribution >= 4 is 15.7 Å². The first-order valence-electron chi connectivity index (χ1n) is 6.40. The Labute approximate surface area is 124 Å². The zero-order chi connectivity index (χ0) is 15.3. The molecule has 0 fully saturated rings. The first kappa shape index (κ1) is 15.2. The van der Waals surface area contributed by atoms with Crippen LogP contribution in [0.4, 0.5) is 0 Å². The van der Waals surface area contributed by atoms with E-state index in [1.54, 1.807) is 36.7 Å². The van der Waals surface area contributed by atoms with E-state index in [-0.39, 0.29) is 17.2 Å². The van der Waals surface area contributed by atoms with E-state index in [1.165, 1.54) is 6.07 Å². The van der Waals surface area contributed by atoms with Crippen LogP contribution in [0.5, 0.6) is 0 Å². The monoisotopic (exact) mass is 304 g/mol.